The van der Waals surface area contributed by atoms with E-state index < -0.39 is 72.2 Å². The van der Waals surface area contributed by atoms with Crippen LogP contribution in [0.25, 0.3) is 10.9 Å². The first kappa shape index (κ1) is 42.4. The molecular formula is C37H51N9O8. The van der Waals surface area contributed by atoms with Crippen molar-refractivity contribution >= 4 is 52.4 Å². The van der Waals surface area contributed by atoms with Crippen molar-refractivity contribution in [1.29, 1.82) is 0 Å². The highest BCUT2D eigenvalue weighted by Gasteiger charge is 2.32. The maximum Gasteiger partial charge on any atom is 0.326 e. The van der Waals surface area contributed by atoms with Crippen LogP contribution >= 0.6 is 0 Å². The number of nitrogens with two attached hydrogens (primary N) is 3. The van der Waals surface area contributed by atoms with Gasteiger partial charge in [0, 0.05) is 36.5 Å². The van der Waals surface area contributed by atoms with Gasteiger partial charge in [0.15, 0.2) is 5.96 Å². The number of guanidine groups is 1. The number of amides is 4. The summed E-state index contributed by atoms with van der Waals surface area (Å²) in [6.07, 6.45) is 1.23. The number of rotatable bonds is 22. The van der Waals surface area contributed by atoms with Gasteiger partial charge in [-0.3, -0.25) is 29.0 Å². The second kappa shape index (κ2) is 20.9. The first-order valence-corrected chi connectivity index (χ1v) is 17.7. The predicted octanol–water partition coefficient (Wildman–Crippen LogP) is 0.269. The number of para-hydroxylation sites is 1. The van der Waals surface area contributed by atoms with Crippen LogP contribution in [0.5, 0.6) is 0 Å². The van der Waals surface area contributed by atoms with E-state index in [0.717, 1.165) is 16.5 Å². The molecule has 0 bridgehead atoms. The zero-order chi connectivity index (χ0) is 39.8. The molecule has 13 N–H and O–H groups in total. The number of fused-ring (bicyclic) bond motifs is 1. The van der Waals surface area contributed by atoms with E-state index in [9.17, 15) is 39.0 Å². The fraction of sp³-hybridized carbons (Fsp3) is 0.432. The van der Waals surface area contributed by atoms with Crippen molar-refractivity contribution in [1.82, 2.24) is 26.3 Å². The summed E-state index contributed by atoms with van der Waals surface area (Å²) in [5.41, 5.74) is 19.2. The number of aliphatic carboxylic acids is 2. The summed E-state index contributed by atoms with van der Waals surface area (Å²) >= 11 is 0. The lowest BCUT2D eigenvalue weighted by Gasteiger charge is -2.27. The minimum Gasteiger partial charge on any atom is -0.481 e. The number of hydrogen-bond donors (Lipinski definition) is 10. The number of nitrogens with zero attached hydrogens (tertiary/aromatic N) is 1. The summed E-state index contributed by atoms with van der Waals surface area (Å²) in [7, 11) is 0. The Hall–Kier alpha value is -5.97. The average Bonchev–Trinajstić information content (AvgIpc) is 3.52. The highest BCUT2D eigenvalue weighted by Crippen LogP contribution is 2.19. The van der Waals surface area contributed by atoms with Gasteiger partial charge in [-0.05, 0) is 55.2 Å². The second-order valence-corrected chi connectivity index (χ2v) is 13.5. The third-order valence-corrected chi connectivity index (χ3v) is 8.55. The molecule has 3 rings (SSSR count). The van der Waals surface area contributed by atoms with Gasteiger partial charge in [-0.1, -0.05) is 62.4 Å². The van der Waals surface area contributed by atoms with Crippen LogP contribution in [0, 0.1) is 5.92 Å². The van der Waals surface area contributed by atoms with Gasteiger partial charge in [-0.15, -0.1) is 0 Å². The van der Waals surface area contributed by atoms with E-state index in [1.165, 1.54) is 0 Å². The van der Waals surface area contributed by atoms with Crippen molar-refractivity contribution in [2.45, 2.75) is 89.0 Å². The molecule has 0 aliphatic heterocycles. The normalized spacial score (nSPS) is 13.9. The number of benzene rings is 2. The Balaban J connectivity index is 1.80. The Bertz CT molecular complexity index is 1770. The van der Waals surface area contributed by atoms with Gasteiger partial charge in [-0.2, -0.15) is 0 Å². The molecule has 4 amide bonds. The van der Waals surface area contributed by atoms with Crippen molar-refractivity contribution in [2.75, 3.05) is 6.54 Å². The summed E-state index contributed by atoms with van der Waals surface area (Å²) in [5.74, 6) is -5.90. The van der Waals surface area contributed by atoms with Crippen LogP contribution in [0.4, 0.5) is 0 Å². The fourth-order valence-electron chi connectivity index (χ4n) is 5.79. The Morgan fingerprint density at radius 3 is 1.93 bits per heavy atom. The molecule has 0 aliphatic rings. The number of hydrogen-bond acceptors (Lipinski definition) is 8. The molecule has 1 aromatic heterocycles. The summed E-state index contributed by atoms with van der Waals surface area (Å²) in [5, 5.41) is 30.5. The van der Waals surface area contributed by atoms with E-state index in [0.29, 0.717) is 5.56 Å². The molecule has 5 atom stereocenters. The summed E-state index contributed by atoms with van der Waals surface area (Å²) in [6, 6.07) is 10.1. The lowest BCUT2D eigenvalue weighted by Crippen LogP contribution is -2.58. The minimum atomic E-state index is -1.45. The lowest BCUT2D eigenvalue weighted by molar-refractivity contribution is -0.142. The average molecular weight is 750 g/mol. The molecule has 0 aliphatic carbocycles. The molecule has 3 aromatic rings. The molecule has 0 saturated carbocycles. The molecule has 0 fully saturated rings. The number of aromatic nitrogens is 1. The third-order valence-electron chi connectivity index (χ3n) is 8.55. The highest BCUT2D eigenvalue weighted by atomic mass is 16.4. The number of carboxylic acid groups (broad SMARTS) is 2. The van der Waals surface area contributed by atoms with Gasteiger partial charge in [0.1, 0.15) is 24.2 Å². The van der Waals surface area contributed by atoms with Gasteiger partial charge in [0.05, 0.1) is 6.04 Å². The summed E-state index contributed by atoms with van der Waals surface area (Å²) in [4.78, 5) is 84.9. The van der Waals surface area contributed by atoms with Crippen LogP contribution < -0.4 is 38.5 Å². The topological polar surface area (TPSA) is 297 Å². The monoisotopic (exact) mass is 749 g/mol. The van der Waals surface area contributed by atoms with Crippen LogP contribution in [0.1, 0.15) is 57.1 Å². The molecular weight excluding hydrogens is 698 g/mol. The van der Waals surface area contributed by atoms with E-state index in [4.69, 9.17) is 17.2 Å². The number of carboxylic acids is 2. The number of carbonyl (C=O) groups excluding carboxylic acids is 4. The standard InChI is InChI=1S/C37H51N9O8/c1-21(2)17-29(45-32(49)25(38)18-22-9-4-3-5-10-22)35(52)44-28(14-15-31(47)48)34(51)43-27(13-8-16-41-37(39)40)33(50)46-30(36(53)54)19-23-20-42-26-12-7-6-11-24(23)26/h3-7,9-12,20-21,25,27-30,42H,8,13-19,38H2,1-2H3,(H,43,51)(H,44,52)(H,45,49)(H,46,50)(H,47,48)(H,53,54)(H4,39,40,41)/t25-,27-,28-,29-,30-/m0/s1. The molecule has 1 heterocycles. The van der Waals surface area contributed by atoms with Crippen LogP contribution in [-0.2, 0) is 41.6 Å². The Morgan fingerprint density at radius 2 is 1.31 bits per heavy atom. The van der Waals surface area contributed by atoms with Gasteiger partial charge in [0.25, 0.3) is 0 Å². The highest BCUT2D eigenvalue weighted by molar-refractivity contribution is 5.96. The molecule has 0 saturated heterocycles. The van der Waals surface area contributed by atoms with Gasteiger partial charge < -0.3 is 53.7 Å². The van der Waals surface area contributed by atoms with Gasteiger partial charge in [0.2, 0.25) is 23.6 Å². The lowest BCUT2D eigenvalue weighted by atomic mass is 10.0. The molecule has 292 valence electrons. The Labute approximate surface area is 312 Å². The smallest absolute Gasteiger partial charge is 0.326 e. The SMILES string of the molecule is CC(C)C[C@H](NC(=O)[C@@H](N)Cc1ccccc1)C(=O)N[C@@H](CCC(=O)O)C(=O)N[C@@H](CCCN=C(N)N)C(=O)N[C@@H](Cc1c[nH]c2ccccc12)C(=O)O. The largest absolute Gasteiger partial charge is 0.481 e. The van der Waals surface area contributed by atoms with Crippen molar-refractivity contribution in [3.63, 3.8) is 0 Å². The van der Waals surface area contributed by atoms with Crippen molar-refractivity contribution in [2.24, 2.45) is 28.1 Å². The molecule has 54 heavy (non-hydrogen) atoms. The third kappa shape index (κ3) is 13.9. The Morgan fingerprint density at radius 1 is 0.741 bits per heavy atom. The minimum absolute atomic E-state index is 0.0429. The fourth-order valence-corrected chi connectivity index (χ4v) is 5.79. The van der Waals surface area contributed by atoms with E-state index >= 15 is 0 Å². The van der Waals surface area contributed by atoms with Gasteiger partial charge in [-0.25, -0.2) is 4.79 Å². The van der Waals surface area contributed by atoms with Crippen LogP contribution in [0.3, 0.4) is 0 Å². The van der Waals surface area contributed by atoms with E-state index in [2.05, 4.69) is 31.2 Å². The van der Waals surface area contributed by atoms with Crippen molar-refractivity contribution < 1.29 is 39.0 Å². The molecule has 0 spiro atoms. The predicted molar refractivity (Wildman–Crippen MR) is 202 cm³/mol. The van der Waals surface area contributed by atoms with Crippen molar-refractivity contribution in [3.05, 3.63) is 71.9 Å². The number of aliphatic imine (C=N–C) groups is 1. The first-order valence-electron chi connectivity index (χ1n) is 17.7. The number of H-pyrrole nitrogens is 1. The van der Waals surface area contributed by atoms with Crippen molar-refractivity contribution in [3.8, 4) is 0 Å². The number of aromatic amines is 1. The van der Waals surface area contributed by atoms with E-state index in [1.54, 1.807) is 12.3 Å². The van der Waals surface area contributed by atoms with Crippen LogP contribution in [-0.4, -0.2) is 93.5 Å². The second-order valence-electron chi connectivity index (χ2n) is 13.5. The van der Waals surface area contributed by atoms with Crippen LogP contribution in [0.2, 0.25) is 0 Å². The van der Waals surface area contributed by atoms with Gasteiger partial charge >= 0.3 is 11.9 Å². The zero-order valence-electron chi connectivity index (χ0n) is 30.4. The van der Waals surface area contributed by atoms with E-state index in [-0.39, 0.29) is 56.9 Å². The summed E-state index contributed by atoms with van der Waals surface area (Å²) < 4.78 is 0. The summed E-state index contributed by atoms with van der Waals surface area (Å²) in [6.45, 7) is 3.75. The quantitative estimate of drug-likeness (QED) is 0.0378. The maximum absolute atomic E-state index is 13.8. The molecule has 17 nitrogen and oxygen atoms in total. The Kier molecular flexibility index (Phi) is 16.4. The molecule has 0 radical (unpaired) electrons. The van der Waals surface area contributed by atoms with Crippen LogP contribution in [0.15, 0.2) is 65.8 Å². The number of carbonyl (C=O) groups is 6. The molecule has 2 aromatic carbocycles. The first-order chi connectivity index (χ1) is 25.6. The number of nitrogens with one attached hydrogen (secondary N) is 5. The molecule has 17 heteroatoms. The van der Waals surface area contributed by atoms with E-state index in [1.807, 2.05) is 62.4 Å². The maximum atomic E-state index is 13.8. The molecule has 0 unspecified atom stereocenters. The zero-order valence-corrected chi connectivity index (χ0v) is 30.4.